The van der Waals surface area contributed by atoms with Gasteiger partial charge in [0.1, 0.15) is 11.9 Å². The van der Waals surface area contributed by atoms with Crippen molar-refractivity contribution in [1.82, 2.24) is 0 Å². The number of ether oxygens (including phenoxy) is 1. The van der Waals surface area contributed by atoms with Crippen LogP contribution in [-0.2, 0) is 6.42 Å². The van der Waals surface area contributed by atoms with E-state index in [2.05, 4.69) is 22.0 Å². The molecule has 0 saturated heterocycles. The van der Waals surface area contributed by atoms with E-state index >= 15 is 0 Å². The Morgan fingerprint density at radius 3 is 2.93 bits per heavy atom. The number of halogens is 1. The highest BCUT2D eigenvalue weighted by Gasteiger charge is 2.28. The van der Waals surface area contributed by atoms with Gasteiger partial charge in [-0.2, -0.15) is 0 Å². The zero-order valence-corrected chi connectivity index (χ0v) is 10.5. The lowest BCUT2D eigenvalue weighted by Gasteiger charge is -2.21. The summed E-state index contributed by atoms with van der Waals surface area (Å²) in [4.78, 5) is 0. The van der Waals surface area contributed by atoms with Crippen molar-refractivity contribution in [2.75, 3.05) is 0 Å². The number of hydrogen-bond acceptors (Lipinski definition) is 2. The minimum Gasteiger partial charge on any atom is -0.490 e. The Kier molecular flexibility index (Phi) is 2.77. The first-order chi connectivity index (χ1) is 6.94. The molecule has 0 aromatic heterocycles. The fraction of sp³-hybridized carbons (Fsp3) is 0.500. The standard InChI is InChI=1S/C12H15BrO2/c1-12(2,14)7-10-6-8-5-9(13)3-4-11(8)15-10/h3-5,10,14H,6-7H2,1-2H3. The average molecular weight is 271 g/mol. The molecule has 0 aliphatic carbocycles. The fourth-order valence-electron chi connectivity index (χ4n) is 1.96. The highest BCUT2D eigenvalue weighted by molar-refractivity contribution is 9.10. The van der Waals surface area contributed by atoms with Gasteiger partial charge in [0.05, 0.1) is 5.60 Å². The van der Waals surface area contributed by atoms with Gasteiger partial charge in [0, 0.05) is 17.3 Å². The van der Waals surface area contributed by atoms with E-state index in [0.29, 0.717) is 6.42 Å². The smallest absolute Gasteiger partial charge is 0.123 e. The Bertz CT molecular complexity index is 368. The van der Waals surface area contributed by atoms with Crippen molar-refractivity contribution in [3.05, 3.63) is 28.2 Å². The molecule has 1 aromatic rings. The van der Waals surface area contributed by atoms with Crippen LogP contribution in [0.5, 0.6) is 5.75 Å². The minimum absolute atomic E-state index is 0.106. The maximum atomic E-state index is 9.72. The molecule has 2 rings (SSSR count). The summed E-state index contributed by atoms with van der Waals surface area (Å²) < 4.78 is 6.83. The van der Waals surface area contributed by atoms with Gasteiger partial charge in [0.25, 0.3) is 0 Å². The van der Waals surface area contributed by atoms with Crippen LogP contribution in [0.15, 0.2) is 22.7 Å². The number of fused-ring (bicyclic) bond motifs is 1. The molecule has 15 heavy (non-hydrogen) atoms. The van der Waals surface area contributed by atoms with E-state index in [1.54, 1.807) is 0 Å². The molecule has 0 spiro atoms. The summed E-state index contributed by atoms with van der Waals surface area (Å²) in [5.41, 5.74) is 0.558. The molecule has 0 radical (unpaired) electrons. The summed E-state index contributed by atoms with van der Waals surface area (Å²) >= 11 is 3.44. The van der Waals surface area contributed by atoms with Crippen molar-refractivity contribution in [1.29, 1.82) is 0 Å². The molecular formula is C12H15BrO2. The summed E-state index contributed by atoms with van der Waals surface area (Å²) in [5, 5.41) is 9.72. The third-order valence-electron chi connectivity index (χ3n) is 2.49. The third-order valence-corrected chi connectivity index (χ3v) is 2.98. The van der Waals surface area contributed by atoms with Crippen molar-refractivity contribution in [2.45, 2.75) is 38.4 Å². The first-order valence-corrected chi connectivity index (χ1v) is 5.91. The van der Waals surface area contributed by atoms with Gasteiger partial charge in [-0.05, 0) is 37.6 Å². The van der Waals surface area contributed by atoms with Crippen LogP contribution in [0.3, 0.4) is 0 Å². The van der Waals surface area contributed by atoms with Gasteiger partial charge >= 0.3 is 0 Å². The highest BCUT2D eigenvalue weighted by Crippen LogP contribution is 2.33. The second-order valence-electron chi connectivity index (χ2n) is 4.71. The van der Waals surface area contributed by atoms with Crippen molar-refractivity contribution in [3.63, 3.8) is 0 Å². The monoisotopic (exact) mass is 270 g/mol. The van der Waals surface area contributed by atoms with E-state index in [9.17, 15) is 5.11 Å². The summed E-state index contributed by atoms with van der Waals surface area (Å²) in [6, 6.07) is 6.04. The quantitative estimate of drug-likeness (QED) is 0.896. The van der Waals surface area contributed by atoms with Crippen LogP contribution >= 0.6 is 15.9 Å². The summed E-state index contributed by atoms with van der Waals surface area (Å²) in [6.07, 6.45) is 1.66. The molecule has 1 heterocycles. The van der Waals surface area contributed by atoms with Crippen LogP contribution < -0.4 is 4.74 Å². The lowest BCUT2D eigenvalue weighted by Crippen LogP contribution is -2.28. The maximum Gasteiger partial charge on any atom is 0.123 e. The molecule has 1 aliphatic heterocycles. The molecule has 1 N–H and O–H groups in total. The Balaban J connectivity index is 2.09. The van der Waals surface area contributed by atoms with Crippen LogP contribution in [0.25, 0.3) is 0 Å². The molecule has 1 aliphatic rings. The van der Waals surface area contributed by atoms with Gasteiger partial charge in [0.15, 0.2) is 0 Å². The van der Waals surface area contributed by atoms with Crippen LogP contribution in [0, 0.1) is 0 Å². The van der Waals surface area contributed by atoms with E-state index in [1.807, 2.05) is 26.0 Å². The second kappa shape index (κ2) is 3.80. The lowest BCUT2D eigenvalue weighted by molar-refractivity contribution is 0.0333. The summed E-state index contributed by atoms with van der Waals surface area (Å²) in [6.45, 7) is 3.63. The zero-order valence-electron chi connectivity index (χ0n) is 8.96. The van der Waals surface area contributed by atoms with Crippen LogP contribution in [0.2, 0.25) is 0 Å². The normalized spacial score (nSPS) is 19.9. The van der Waals surface area contributed by atoms with Gasteiger partial charge < -0.3 is 9.84 Å². The fourth-order valence-corrected chi connectivity index (χ4v) is 2.37. The van der Waals surface area contributed by atoms with Gasteiger partial charge in [-0.3, -0.25) is 0 Å². The summed E-state index contributed by atoms with van der Waals surface area (Å²) in [5.74, 6) is 0.951. The SMILES string of the molecule is CC(C)(O)CC1Cc2cc(Br)ccc2O1. The molecule has 1 atom stereocenters. The van der Waals surface area contributed by atoms with Crippen molar-refractivity contribution in [3.8, 4) is 5.75 Å². The molecule has 1 unspecified atom stereocenters. The van der Waals surface area contributed by atoms with Gasteiger partial charge in [-0.15, -0.1) is 0 Å². The Labute approximate surface area is 98.4 Å². The van der Waals surface area contributed by atoms with Crippen LogP contribution in [0.4, 0.5) is 0 Å². The topological polar surface area (TPSA) is 29.5 Å². The Morgan fingerprint density at radius 1 is 1.53 bits per heavy atom. The van der Waals surface area contributed by atoms with E-state index in [1.165, 1.54) is 5.56 Å². The number of benzene rings is 1. The van der Waals surface area contributed by atoms with Crippen LogP contribution in [0.1, 0.15) is 25.8 Å². The van der Waals surface area contributed by atoms with E-state index in [4.69, 9.17) is 4.74 Å². The number of aliphatic hydroxyl groups is 1. The predicted molar refractivity (Wildman–Crippen MR) is 63.2 cm³/mol. The Hall–Kier alpha value is -0.540. The van der Waals surface area contributed by atoms with Gasteiger partial charge in [0.2, 0.25) is 0 Å². The molecule has 0 bridgehead atoms. The van der Waals surface area contributed by atoms with Crippen molar-refractivity contribution >= 4 is 15.9 Å². The molecular weight excluding hydrogens is 256 g/mol. The van der Waals surface area contributed by atoms with Crippen molar-refractivity contribution in [2.24, 2.45) is 0 Å². The molecule has 3 heteroatoms. The predicted octanol–water partition coefficient (Wildman–Crippen LogP) is 2.91. The largest absolute Gasteiger partial charge is 0.490 e. The molecule has 0 amide bonds. The zero-order chi connectivity index (χ0) is 11.1. The van der Waals surface area contributed by atoms with Crippen molar-refractivity contribution < 1.29 is 9.84 Å². The second-order valence-corrected chi connectivity index (χ2v) is 5.63. The molecule has 82 valence electrons. The van der Waals surface area contributed by atoms with E-state index < -0.39 is 5.60 Å². The van der Waals surface area contributed by atoms with E-state index in [-0.39, 0.29) is 6.10 Å². The molecule has 0 saturated carbocycles. The first kappa shape index (κ1) is 11.0. The number of hydrogen-bond donors (Lipinski definition) is 1. The average Bonchev–Trinajstić information content (AvgIpc) is 2.42. The first-order valence-electron chi connectivity index (χ1n) is 5.11. The van der Waals surface area contributed by atoms with Gasteiger partial charge in [-0.1, -0.05) is 15.9 Å². The molecule has 2 nitrogen and oxygen atoms in total. The van der Waals surface area contributed by atoms with Gasteiger partial charge in [-0.25, -0.2) is 0 Å². The highest BCUT2D eigenvalue weighted by atomic mass is 79.9. The minimum atomic E-state index is -0.663. The van der Waals surface area contributed by atoms with E-state index in [0.717, 1.165) is 16.6 Å². The van der Waals surface area contributed by atoms with Crippen LogP contribution in [-0.4, -0.2) is 16.8 Å². The molecule has 0 fully saturated rings. The number of rotatable bonds is 2. The lowest BCUT2D eigenvalue weighted by atomic mass is 9.98. The third kappa shape index (κ3) is 2.73. The maximum absolute atomic E-state index is 9.72. The molecule has 1 aromatic carbocycles. The Morgan fingerprint density at radius 2 is 2.27 bits per heavy atom. The summed E-state index contributed by atoms with van der Waals surface area (Å²) in [7, 11) is 0.